The molecule has 0 amide bonds. The van der Waals surface area contributed by atoms with Gasteiger partial charge in [-0.25, -0.2) is 0 Å². The Balaban J connectivity index is 0.910. The summed E-state index contributed by atoms with van der Waals surface area (Å²) in [6.45, 7) is 4.69. The first-order chi connectivity index (χ1) is 37.4. The minimum atomic E-state index is -0.0647. The minimum Gasteiger partial charge on any atom is -0.310 e. The second kappa shape index (κ2) is 17.2. The largest absolute Gasteiger partial charge is 0.310 e. The summed E-state index contributed by atoms with van der Waals surface area (Å²) in [5.74, 6) is 0. The van der Waals surface area contributed by atoms with Gasteiger partial charge in [0.25, 0.3) is 0 Å². The van der Waals surface area contributed by atoms with Gasteiger partial charge < -0.3 is 14.0 Å². The Hall–Kier alpha value is -9.70. The van der Waals surface area contributed by atoms with Crippen molar-refractivity contribution in [2.24, 2.45) is 0 Å². The molecule has 12 aromatic carbocycles. The SMILES string of the molecule is CC1(C)c2ccccc2-c2cc(N(c3ccccc3)c3ccc(-c4cc(-c5ccc6c(c5)c5ccccc5n6-c5ccccc5)cc(-c5ccc6c7ccc8ccccc8c7n(-c7ccccc7)c6c5)c4)cc3)ccc21. The molecule has 0 unspecified atom stereocenters. The molecular weight excluding hydrogens is 919 g/mol. The summed E-state index contributed by atoms with van der Waals surface area (Å²) in [5, 5.41) is 7.43. The number of hydrogen-bond donors (Lipinski definition) is 0. The van der Waals surface area contributed by atoms with Crippen molar-refractivity contribution in [1.29, 1.82) is 0 Å². The van der Waals surface area contributed by atoms with Gasteiger partial charge in [0.15, 0.2) is 0 Å². The Morgan fingerprint density at radius 2 is 0.816 bits per heavy atom. The highest BCUT2D eigenvalue weighted by Crippen LogP contribution is 2.51. The number of hydrogen-bond acceptors (Lipinski definition) is 1. The van der Waals surface area contributed by atoms with Crippen molar-refractivity contribution in [2.45, 2.75) is 19.3 Å². The summed E-state index contributed by atoms with van der Waals surface area (Å²) in [6.07, 6.45) is 0. The molecule has 0 bridgehead atoms. The highest BCUT2D eigenvalue weighted by molar-refractivity contribution is 6.19. The molecule has 76 heavy (non-hydrogen) atoms. The molecule has 3 nitrogen and oxygen atoms in total. The molecule has 1 aliphatic rings. The van der Waals surface area contributed by atoms with Crippen molar-refractivity contribution in [3.8, 4) is 55.9 Å². The van der Waals surface area contributed by atoms with E-state index in [9.17, 15) is 0 Å². The zero-order chi connectivity index (χ0) is 50.5. The molecular formula is C73H51N3. The monoisotopic (exact) mass is 969 g/mol. The summed E-state index contributed by atoms with van der Waals surface area (Å²) >= 11 is 0. The molecule has 2 aromatic heterocycles. The van der Waals surface area contributed by atoms with E-state index in [2.05, 4.69) is 301 Å². The molecule has 2 heterocycles. The van der Waals surface area contributed by atoms with E-state index >= 15 is 0 Å². The Morgan fingerprint density at radius 3 is 1.58 bits per heavy atom. The van der Waals surface area contributed by atoms with Crippen LogP contribution in [0.25, 0.3) is 110 Å². The number of benzene rings is 12. The third-order valence-electron chi connectivity index (χ3n) is 16.3. The molecule has 15 rings (SSSR count). The topological polar surface area (TPSA) is 13.1 Å². The van der Waals surface area contributed by atoms with Gasteiger partial charge in [0.2, 0.25) is 0 Å². The molecule has 0 atom stereocenters. The lowest BCUT2D eigenvalue weighted by molar-refractivity contribution is 0.660. The van der Waals surface area contributed by atoms with Crippen molar-refractivity contribution >= 4 is 71.4 Å². The van der Waals surface area contributed by atoms with E-state index < -0.39 is 0 Å². The maximum atomic E-state index is 2.47. The molecule has 0 radical (unpaired) electrons. The highest BCUT2D eigenvalue weighted by Gasteiger charge is 2.35. The second-order valence-corrected chi connectivity index (χ2v) is 20.9. The zero-order valence-electron chi connectivity index (χ0n) is 42.3. The normalized spacial score (nSPS) is 12.7. The number of anilines is 3. The van der Waals surface area contributed by atoms with E-state index in [1.807, 2.05) is 0 Å². The standard InChI is InChI=1S/C73H51N3/c1-73(2)67-28-16-14-26-61(67)65-47-59(37-40-68(65)73)74(55-19-6-3-7-20-55)58-35-30-48(31-36-58)52-42-53(50-34-41-70-66(45-50)62-27-15-17-29-69(62)75(70)56-21-8-4-9-22-56)44-54(43-52)51-33-38-63-64-39-32-49-18-12-13-25-60(49)72(64)76(71(63)46-51)57-23-10-5-11-24-57/h3-47H,1-2H3. The quantitative estimate of drug-likeness (QED) is 0.148. The molecule has 14 aromatic rings. The Bertz CT molecular complexity index is 4580. The molecule has 0 N–H and O–H groups in total. The van der Waals surface area contributed by atoms with E-state index in [0.717, 1.165) is 56.3 Å². The van der Waals surface area contributed by atoms with Gasteiger partial charge in [0, 0.05) is 60.8 Å². The second-order valence-electron chi connectivity index (χ2n) is 20.9. The molecule has 0 aliphatic heterocycles. The fourth-order valence-electron chi connectivity index (χ4n) is 12.6. The van der Waals surface area contributed by atoms with E-state index in [1.165, 1.54) is 82.2 Å². The van der Waals surface area contributed by atoms with Gasteiger partial charge in [-0.2, -0.15) is 0 Å². The van der Waals surface area contributed by atoms with Crippen LogP contribution in [0.3, 0.4) is 0 Å². The van der Waals surface area contributed by atoms with Crippen molar-refractivity contribution in [2.75, 3.05) is 4.90 Å². The molecule has 0 spiro atoms. The van der Waals surface area contributed by atoms with E-state index in [-0.39, 0.29) is 5.41 Å². The van der Waals surface area contributed by atoms with Crippen molar-refractivity contribution in [3.63, 3.8) is 0 Å². The lowest BCUT2D eigenvalue weighted by atomic mass is 9.82. The summed E-state index contributed by atoms with van der Waals surface area (Å²) < 4.78 is 4.86. The molecule has 1 aliphatic carbocycles. The molecule has 0 saturated carbocycles. The Labute approximate surface area is 442 Å². The van der Waals surface area contributed by atoms with Gasteiger partial charge >= 0.3 is 0 Å². The molecule has 0 saturated heterocycles. The minimum absolute atomic E-state index is 0.0647. The fourth-order valence-corrected chi connectivity index (χ4v) is 12.6. The van der Waals surface area contributed by atoms with Crippen molar-refractivity contribution in [1.82, 2.24) is 9.13 Å². The van der Waals surface area contributed by atoms with Gasteiger partial charge in [-0.15, -0.1) is 0 Å². The fraction of sp³-hybridized carbons (Fsp3) is 0.0411. The van der Waals surface area contributed by atoms with Gasteiger partial charge in [-0.1, -0.05) is 184 Å². The summed E-state index contributed by atoms with van der Waals surface area (Å²) in [7, 11) is 0. The predicted octanol–water partition coefficient (Wildman–Crippen LogP) is 19.8. The number of aromatic nitrogens is 2. The first kappa shape index (κ1) is 43.8. The van der Waals surface area contributed by atoms with Crippen molar-refractivity contribution in [3.05, 3.63) is 284 Å². The van der Waals surface area contributed by atoms with Gasteiger partial charge in [0.05, 0.1) is 22.1 Å². The van der Waals surface area contributed by atoms with Crippen LogP contribution in [0, 0.1) is 0 Å². The van der Waals surface area contributed by atoms with Gasteiger partial charge in [-0.05, 0) is 164 Å². The van der Waals surface area contributed by atoms with Crippen LogP contribution in [0.1, 0.15) is 25.0 Å². The first-order valence-corrected chi connectivity index (χ1v) is 26.4. The predicted molar refractivity (Wildman–Crippen MR) is 321 cm³/mol. The molecule has 0 fully saturated rings. The summed E-state index contributed by atoms with van der Waals surface area (Å²) in [5.41, 5.74) is 22.7. The maximum Gasteiger partial charge on any atom is 0.0619 e. The third kappa shape index (κ3) is 6.90. The van der Waals surface area contributed by atoms with Crippen molar-refractivity contribution < 1.29 is 0 Å². The number of para-hydroxylation sites is 4. The smallest absolute Gasteiger partial charge is 0.0619 e. The van der Waals surface area contributed by atoms with Crippen LogP contribution in [0.15, 0.2) is 273 Å². The summed E-state index contributed by atoms with van der Waals surface area (Å²) in [4.78, 5) is 2.39. The number of fused-ring (bicyclic) bond motifs is 11. The third-order valence-corrected chi connectivity index (χ3v) is 16.3. The molecule has 3 heteroatoms. The van der Waals surface area contributed by atoms with Crippen LogP contribution in [0.4, 0.5) is 17.1 Å². The highest BCUT2D eigenvalue weighted by atomic mass is 15.1. The van der Waals surface area contributed by atoms with Crippen LogP contribution < -0.4 is 4.90 Å². The number of rotatable bonds is 8. The van der Waals surface area contributed by atoms with Crippen LogP contribution in [0.2, 0.25) is 0 Å². The summed E-state index contributed by atoms with van der Waals surface area (Å²) in [6, 6.07) is 101. The van der Waals surface area contributed by atoms with Gasteiger partial charge in [0.1, 0.15) is 0 Å². The lowest BCUT2D eigenvalue weighted by Gasteiger charge is -2.27. The van der Waals surface area contributed by atoms with Gasteiger partial charge in [-0.3, -0.25) is 0 Å². The van der Waals surface area contributed by atoms with Crippen LogP contribution >= 0.6 is 0 Å². The molecule has 358 valence electrons. The Kier molecular flexibility index (Phi) is 9.92. The zero-order valence-corrected chi connectivity index (χ0v) is 42.3. The van der Waals surface area contributed by atoms with E-state index in [1.54, 1.807) is 0 Å². The maximum absolute atomic E-state index is 2.47. The lowest BCUT2D eigenvalue weighted by Crippen LogP contribution is -2.15. The number of nitrogens with zero attached hydrogens (tertiary/aromatic N) is 3. The average molecular weight is 970 g/mol. The van der Waals surface area contributed by atoms with Crippen LogP contribution in [-0.2, 0) is 5.41 Å². The average Bonchev–Trinajstić information content (AvgIpc) is 4.18. The Morgan fingerprint density at radius 1 is 0.289 bits per heavy atom. The van der Waals surface area contributed by atoms with E-state index in [4.69, 9.17) is 0 Å². The van der Waals surface area contributed by atoms with Crippen LogP contribution in [-0.4, -0.2) is 9.13 Å². The first-order valence-electron chi connectivity index (χ1n) is 26.4. The van der Waals surface area contributed by atoms with E-state index in [0.29, 0.717) is 0 Å². The van der Waals surface area contributed by atoms with Crippen LogP contribution in [0.5, 0.6) is 0 Å².